The van der Waals surface area contributed by atoms with Crippen molar-refractivity contribution >= 4 is 29.9 Å². The van der Waals surface area contributed by atoms with Gasteiger partial charge in [0.25, 0.3) is 0 Å². The molecule has 1 aliphatic carbocycles. The molecular weight excluding hydrogens is 441 g/mol. The highest BCUT2D eigenvalue weighted by Crippen LogP contribution is 2.31. The predicted molar refractivity (Wildman–Crippen MR) is 117 cm³/mol. The van der Waals surface area contributed by atoms with Gasteiger partial charge in [0, 0.05) is 25.6 Å². The number of nitrogens with one attached hydrogen (secondary N) is 2. The first kappa shape index (κ1) is 21.3. The third kappa shape index (κ3) is 6.30. The van der Waals surface area contributed by atoms with Crippen LogP contribution in [0.3, 0.4) is 0 Å². The number of nitrogens with zero attached hydrogens (tertiary/aromatic N) is 1. The van der Waals surface area contributed by atoms with Gasteiger partial charge in [-0.25, -0.2) is 0 Å². The number of para-hydroxylation sites is 1. The van der Waals surface area contributed by atoms with Crippen molar-refractivity contribution in [1.29, 1.82) is 0 Å². The van der Waals surface area contributed by atoms with Crippen molar-refractivity contribution < 1.29 is 9.47 Å². The summed E-state index contributed by atoms with van der Waals surface area (Å²) in [5, 5.41) is 6.89. The molecule has 2 aliphatic rings. The second-order valence-corrected chi connectivity index (χ2v) is 6.86. The molecule has 26 heavy (non-hydrogen) atoms. The van der Waals surface area contributed by atoms with Crippen molar-refractivity contribution in [3.05, 3.63) is 29.8 Å². The van der Waals surface area contributed by atoms with Crippen LogP contribution in [0.2, 0.25) is 0 Å². The van der Waals surface area contributed by atoms with E-state index in [-0.39, 0.29) is 30.0 Å². The Balaban J connectivity index is 0.00000243. The number of hydrogen-bond acceptors (Lipinski definition) is 3. The molecule has 1 atom stereocenters. The summed E-state index contributed by atoms with van der Waals surface area (Å²) in [5.74, 6) is 1.80. The summed E-state index contributed by atoms with van der Waals surface area (Å²) < 4.78 is 11.8. The van der Waals surface area contributed by atoms with E-state index in [1.807, 2.05) is 19.2 Å². The van der Waals surface area contributed by atoms with Crippen LogP contribution in [0.15, 0.2) is 29.3 Å². The van der Waals surface area contributed by atoms with Gasteiger partial charge in [0.15, 0.2) is 5.96 Å². The van der Waals surface area contributed by atoms with Crippen LogP contribution in [-0.2, 0) is 4.74 Å². The number of ether oxygens (including phenoxy) is 2. The fourth-order valence-corrected chi connectivity index (χ4v) is 3.66. The van der Waals surface area contributed by atoms with Crippen LogP contribution < -0.4 is 15.4 Å². The van der Waals surface area contributed by atoms with Gasteiger partial charge in [-0.3, -0.25) is 4.99 Å². The fraction of sp³-hybridized carbons (Fsp3) is 0.650. The van der Waals surface area contributed by atoms with E-state index in [0.29, 0.717) is 6.10 Å². The van der Waals surface area contributed by atoms with Gasteiger partial charge in [0.1, 0.15) is 5.75 Å². The van der Waals surface area contributed by atoms with Gasteiger partial charge in [-0.05, 0) is 18.9 Å². The van der Waals surface area contributed by atoms with Crippen LogP contribution in [0.25, 0.3) is 0 Å². The van der Waals surface area contributed by atoms with E-state index in [0.717, 1.165) is 37.9 Å². The molecule has 146 valence electrons. The summed E-state index contributed by atoms with van der Waals surface area (Å²) in [7, 11) is 1.81. The Kier molecular flexibility index (Phi) is 9.53. The molecule has 1 heterocycles. The Bertz CT molecular complexity index is 560. The van der Waals surface area contributed by atoms with Crippen molar-refractivity contribution in [3.8, 4) is 5.75 Å². The number of hydrogen-bond donors (Lipinski definition) is 2. The van der Waals surface area contributed by atoms with E-state index < -0.39 is 0 Å². The van der Waals surface area contributed by atoms with Gasteiger partial charge in [-0.2, -0.15) is 0 Å². The summed E-state index contributed by atoms with van der Waals surface area (Å²) in [6.07, 6.45) is 9.16. The molecule has 0 radical (unpaired) electrons. The molecule has 1 aromatic carbocycles. The van der Waals surface area contributed by atoms with Crippen molar-refractivity contribution in [2.24, 2.45) is 4.99 Å². The number of guanidine groups is 1. The Morgan fingerprint density at radius 1 is 1.15 bits per heavy atom. The lowest BCUT2D eigenvalue weighted by atomic mass is 10.0. The van der Waals surface area contributed by atoms with E-state index in [1.54, 1.807) is 0 Å². The maximum atomic E-state index is 6.04. The van der Waals surface area contributed by atoms with Crippen molar-refractivity contribution in [2.75, 3.05) is 26.8 Å². The highest BCUT2D eigenvalue weighted by molar-refractivity contribution is 14.0. The molecule has 0 spiro atoms. The predicted octanol–water partition coefficient (Wildman–Crippen LogP) is 4.03. The molecule has 1 saturated carbocycles. The number of halogens is 1. The highest BCUT2D eigenvalue weighted by atomic mass is 127. The van der Waals surface area contributed by atoms with Gasteiger partial charge in [-0.1, -0.05) is 43.9 Å². The molecule has 3 rings (SSSR count). The molecule has 1 aromatic rings. The van der Waals surface area contributed by atoms with Crippen LogP contribution in [0.1, 0.15) is 56.6 Å². The molecule has 0 amide bonds. The first-order valence-electron chi connectivity index (χ1n) is 9.67. The Morgan fingerprint density at radius 3 is 2.69 bits per heavy atom. The minimum absolute atomic E-state index is 0. The molecule has 0 aromatic heterocycles. The summed E-state index contributed by atoms with van der Waals surface area (Å²) in [6.45, 7) is 2.24. The van der Waals surface area contributed by atoms with Gasteiger partial charge in [-0.15, -0.1) is 24.0 Å². The minimum Gasteiger partial charge on any atom is -0.493 e. The zero-order valence-electron chi connectivity index (χ0n) is 15.7. The Morgan fingerprint density at radius 2 is 1.92 bits per heavy atom. The zero-order chi connectivity index (χ0) is 17.3. The van der Waals surface area contributed by atoms with E-state index in [1.165, 1.54) is 44.1 Å². The normalized spacial score (nSPS) is 21.0. The first-order valence-corrected chi connectivity index (χ1v) is 9.67. The molecule has 0 bridgehead atoms. The highest BCUT2D eigenvalue weighted by Gasteiger charge is 2.21. The van der Waals surface area contributed by atoms with Crippen LogP contribution in [0.5, 0.6) is 5.75 Å². The molecule has 2 N–H and O–H groups in total. The monoisotopic (exact) mass is 473 g/mol. The van der Waals surface area contributed by atoms with Gasteiger partial charge in [0.05, 0.1) is 25.4 Å². The van der Waals surface area contributed by atoms with Gasteiger partial charge in [0.2, 0.25) is 0 Å². The molecule has 1 unspecified atom stereocenters. The molecule has 5 nitrogen and oxygen atoms in total. The van der Waals surface area contributed by atoms with Crippen LogP contribution in [0.4, 0.5) is 0 Å². The number of rotatable bonds is 5. The van der Waals surface area contributed by atoms with Crippen LogP contribution in [0, 0.1) is 0 Å². The number of aliphatic imine (C=N–C) groups is 1. The average Bonchev–Trinajstić information content (AvgIpc) is 2.93. The van der Waals surface area contributed by atoms with Gasteiger partial charge >= 0.3 is 0 Å². The maximum Gasteiger partial charge on any atom is 0.191 e. The molecule has 1 fully saturated rings. The van der Waals surface area contributed by atoms with E-state index >= 15 is 0 Å². The van der Waals surface area contributed by atoms with E-state index in [4.69, 9.17) is 9.47 Å². The van der Waals surface area contributed by atoms with Crippen molar-refractivity contribution in [1.82, 2.24) is 10.6 Å². The summed E-state index contributed by atoms with van der Waals surface area (Å²) in [5.41, 5.74) is 1.20. The topological polar surface area (TPSA) is 54.9 Å². The quantitative estimate of drug-likeness (QED) is 0.223. The molecular formula is C20H32IN3O2. The lowest BCUT2D eigenvalue weighted by Gasteiger charge is -2.28. The summed E-state index contributed by atoms with van der Waals surface area (Å²) in [4.78, 5) is 4.35. The lowest BCUT2D eigenvalue weighted by molar-refractivity contribution is 0.0467. The maximum absolute atomic E-state index is 6.04. The Labute approximate surface area is 174 Å². The lowest BCUT2D eigenvalue weighted by Crippen LogP contribution is -2.42. The van der Waals surface area contributed by atoms with Crippen molar-refractivity contribution in [3.63, 3.8) is 0 Å². The number of benzene rings is 1. The van der Waals surface area contributed by atoms with E-state index in [2.05, 4.69) is 27.8 Å². The molecule has 1 aliphatic heterocycles. The molecule has 0 saturated heterocycles. The SMILES string of the molecule is CN=C(NCCOC1CCCCCC1)NC1CCOc2ccccc21.I. The average molecular weight is 473 g/mol. The third-order valence-electron chi connectivity index (χ3n) is 5.04. The Hall–Kier alpha value is -1.02. The second-order valence-electron chi connectivity index (χ2n) is 6.86. The minimum atomic E-state index is 0. The number of fused-ring (bicyclic) bond motifs is 1. The second kappa shape index (κ2) is 11.6. The molecule has 6 heteroatoms. The van der Waals surface area contributed by atoms with Crippen molar-refractivity contribution in [2.45, 2.75) is 57.1 Å². The van der Waals surface area contributed by atoms with Crippen LogP contribution >= 0.6 is 24.0 Å². The largest absolute Gasteiger partial charge is 0.493 e. The standard InChI is InChI=1S/C20H31N3O2.HI/c1-21-20(22-13-15-24-16-8-4-2-3-5-9-16)23-18-12-14-25-19-11-7-6-10-17(18)19;/h6-7,10-11,16,18H,2-5,8-9,12-15H2,1H3,(H2,21,22,23);1H. The summed E-state index contributed by atoms with van der Waals surface area (Å²) in [6, 6.07) is 8.45. The first-order chi connectivity index (χ1) is 12.4. The zero-order valence-corrected chi connectivity index (χ0v) is 18.0. The van der Waals surface area contributed by atoms with Crippen LogP contribution in [-0.4, -0.2) is 38.9 Å². The smallest absolute Gasteiger partial charge is 0.191 e. The summed E-state index contributed by atoms with van der Waals surface area (Å²) >= 11 is 0. The van der Waals surface area contributed by atoms with Gasteiger partial charge < -0.3 is 20.1 Å². The fourth-order valence-electron chi connectivity index (χ4n) is 3.66. The van der Waals surface area contributed by atoms with E-state index in [9.17, 15) is 0 Å². The third-order valence-corrected chi connectivity index (χ3v) is 5.04.